The van der Waals surface area contributed by atoms with Gasteiger partial charge in [-0.15, -0.1) is 0 Å². The minimum Gasteiger partial charge on any atom is -0.468 e. The maximum absolute atomic E-state index is 5.71. The van der Waals surface area contributed by atoms with Crippen molar-refractivity contribution in [1.29, 1.82) is 0 Å². The van der Waals surface area contributed by atoms with Crippen LogP contribution in [0.25, 0.3) is 0 Å². The van der Waals surface area contributed by atoms with Gasteiger partial charge in [0.1, 0.15) is 5.76 Å². The van der Waals surface area contributed by atoms with Gasteiger partial charge in [0, 0.05) is 39.8 Å². The predicted octanol–water partition coefficient (Wildman–Crippen LogP) is 2.86. The van der Waals surface area contributed by atoms with E-state index in [4.69, 9.17) is 9.15 Å². The van der Waals surface area contributed by atoms with Gasteiger partial charge in [-0.2, -0.15) is 0 Å². The number of ether oxygens (including phenoxy) is 1. The van der Waals surface area contributed by atoms with Crippen LogP contribution in [0.4, 0.5) is 0 Å². The lowest BCUT2D eigenvalue weighted by Gasteiger charge is -2.29. The van der Waals surface area contributed by atoms with Crippen molar-refractivity contribution in [3.8, 4) is 0 Å². The van der Waals surface area contributed by atoms with Crippen molar-refractivity contribution in [2.75, 3.05) is 53.0 Å². The highest BCUT2D eigenvalue weighted by Crippen LogP contribution is 2.20. The zero-order valence-corrected chi connectivity index (χ0v) is 19.1. The number of benzene rings is 1. The number of likely N-dealkylation sites (N-methyl/N-ethyl adjacent to an activating group) is 1. The Labute approximate surface area is 186 Å². The first-order valence-corrected chi connectivity index (χ1v) is 11.3. The van der Waals surface area contributed by atoms with Crippen molar-refractivity contribution < 1.29 is 9.15 Å². The molecule has 3 rings (SSSR count). The Balaban J connectivity index is 1.58. The smallest absolute Gasteiger partial charge is 0.191 e. The van der Waals surface area contributed by atoms with Crippen LogP contribution in [0.1, 0.15) is 36.8 Å². The summed E-state index contributed by atoms with van der Waals surface area (Å²) in [6.07, 6.45) is 1.74. The number of hydrogen-bond acceptors (Lipinski definition) is 5. The van der Waals surface area contributed by atoms with Crippen LogP contribution in [0.2, 0.25) is 0 Å². The third kappa shape index (κ3) is 6.82. The Bertz CT molecular complexity index is 783. The van der Waals surface area contributed by atoms with E-state index < -0.39 is 0 Å². The fourth-order valence-corrected chi connectivity index (χ4v) is 4.03. The fraction of sp³-hybridized carbons (Fsp3) is 0.542. The van der Waals surface area contributed by atoms with E-state index in [1.54, 1.807) is 6.26 Å². The van der Waals surface area contributed by atoms with Crippen LogP contribution >= 0.6 is 0 Å². The molecular formula is C24H37N5O2. The SMILES string of the molecule is CCN(CC)C(CNC(=NC)NCc1ccccc1CN1CCOCC1)c1ccco1. The van der Waals surface area contributed by atoms with Gasteiger partial charge < -0.3 is 19.8 Å². The molecule has 170 valence electrons. The highest BCUT2D eigenvalue weighted by molar-refractivity contribution is 5.79. The normalized spacial score (nSPS) is 16.5. The molecule has 1 saturated heterocycles. The topological polar surface area (TPSA) is 65.3 Å². The number of guanidine groups is 1. The lowest BCUT2D eigenvalue weighted by atomic mass is 10.1. The Hall–Kier alpha value is -2.35. The second kappa shape index (κ2) is 12.5. The summed E-state index contributed by atoms with van der Waals surface area (Å²) >= 11 is 0. The lowest BCUT2D eigenvalue weighted by Crippen LogP contribution is -2.43. The van der Waals surface area contributed by atoms with Crippen molar-refractivity contribution in [1.82, 2.24) is 20.4 Å². The molecule has 1 atom stereocenters. The van der Waals surface area contributed by atoms with E-state index in [1.165, 1.54) is 11.1 Å². The zero-order chi connectivity index (χ0) is 21.9. The molecule has 7 nitrogen and oxygen atoms in total. The minimum atomic E-state index is 0.164. The molecule has 1 aliphatic heterocycles. The van der Waals surface area contributed by atoms with Gasteiger partial charge in [-0.3, -0.25) is 14.8 Å². The van der Waals surface area contributed by atoms with Gasteiger partial charge in [0.25, 0.3) is 0 Å². The van der Waals surface area contributed by atoms with Gasteiger partial charge in [0.2, 0.25) is 0 Å². The standard InChI is InChI=1S/C24H37N5O2/c1-4-29(5-2)22(23-11-8-14-31-23)18-27-24(25-3)26-17-20-9-6-7-10-21(20)19-28-12-15-30-16-13-28/h6-11,14,22H,4-5,12-13,15-19H2,1-3H3,(H2,25,26,27). The largest absolute Gasteiger partial charge is 0.468 e. The van der Waals surface area contributed by atoms with Gasteiger partial charge in [-0.1, -0.05) is 38.1 Å². The summed E-state index contributed by atoms with van der Waals surface area (Å²) in [6, 6.07) is 12.8. The molecule has 31 heavy (non-hydrogen) atoms. The molecule has 2 heterocycles. The molecular weight excluding hydrogens is 390 g/mol. The Morgan fingerprint density at radius 3 is 2.45 bits per heavy atom. The van der Waals surface area contributed by atoms with Crippen molar-refractivity contribution in [2.24, 2.45) is 4.99 Å². The number of nitrogens with one attached hydrogen (secondary N) is 2. The summed E-state index contributed by atoms with van der Waals surface area (Å²) in [6.45, 7) is 12.3. The fourth-order valence-electron chi connectivity index (χ4n) is 4.03. The van der Waals surface area contributed by atoms with Crippen molar-refractivity contribution in [2.45, 2.75) is 33.0 Å². The summed E-state index contributed by atoms with van der Waals surface area (Å²) in [5.41, 5.74) is 2.65. The van der Waals surface area contributed by atoms with Crippen LogP contribution in [0.5, 0.6) is 0 Å². The van der Waals surface area contributed by atoms with Crippen LogP contribution in [0, 0.1) is 0 Å². The molecule has 0 saturated carbocycles. The average Bonchev–Trinajstić information content (AvgIpc) is 3.34. The minimum absolute atomic E-state index is 0.164. The van der Waals surface area contributed by atoms with Crippen LogP contribution in [-0.2, 0) is 17.8 Å². The third-order valence-corrected chi connectivity index (χ3v) is 5.87. The van der Waals surface area contributed by atoms with Gasteiger partial charge in [-0.05, 0) is 36.3 Å². The third-order valence-electron chi connectivity index (χ3n) is 5.87. The number of hydrogen-bond donors (Lipinski definition) is 2. The van der Waals surface area contributed by atoms with Crippen LogP contribution in [0.3, 0.4) is 0 Å². The molecule has 0 spiro atoms. The summed E-state index contributed by atoms with van der Waals surface area (Å²) in [4.78, 5) is 9.27. The molecule has 2 aromatic rings. The number of nitrogens with zero attached hydrogens (tertiary/aromatic N) is 3. The van der Waals surface area contributed by atoms with E-state index in [9.17, 15) is 0 Å². The quantitative estimate of drug-likeness (QED) is 0.449. The van der Waals surface area contributed by atoms with Crippen molar-refractivity contribution in [3.05, 3.63) is 59.5 Å². The number of furan rings is 1. The van der Waals surface area contributed by atoms with Crippen LogP contribution in [0.15, 0.2) is 52.1 Å². The van der Waals surface area contributed by atoms with Crippen molar-refractivity contribution >= 4 is 5.96 Å². The highest BCUT2D eigenvalue weighted by Gasteiger charge is 2.21. The first-order valence-electron chi connectivity index (χ1n) is 11.3. The van der Waals surface area contributed by atoms with Crippen LogP contribution in [-0.4, -0.2) is 68.7 Å². The molecule has 1 aromatic heterocycles. The first kappa shape index (κ1) is 23.3. The molecule has 1 aromatic carbocycles. The first-order chi connectivity index (χ1) is 15.2. The van der Waals surface area contributed by atoms with Gasteiger partial charge in [-0.25, -0.2) is 0 Å². The van der Waals surface area contributed by atoms with Gasteiger partial charge in [0.05, 0.1) is 25.5 Å². The second-order valence-corrected chi connectivity index (χ2v) is 7.72. The van der Waals surface area contributed by atoms with Gasteiger partial charge >= 0.3 is 0 Å². The van der Waals surface area contributed by atoms with Gasteiger partial charge in [0.15, 0.2) is 5.96 Å². The molecule has 7 heteroatoms. The molecule has 1 fully saturated rings. The lowest BCUT2D eigenvalue weighted by molar-refractivity contribution is 0.0341. The van der Waals surface area contributed by atoms with E-state index in [0.717, 1.165) is 70.7 Å². The predicted molar refractivity (Wildman–Crippen MR) is 125 cm³/mol. The maximum atomic E-state index is 5.71. The average molecular weight is 428 g/mol. The van der Waals surface area contributed by atoms with E-state index in [0.29, 0.717) is 0 Å². The van der Waals surface area contributed by atoms with E-state index in [1.807, 2.05) is 19.2 Å². The molecule has 1 unspecified atom stereocenters. The summed E-state index contributed by atoms with van der Waals surface area (Å²) in [5.74, 6) is 1.77. The van der Waals surface area contributed by atoms with E-state index in [2.05, 4.69) is 63.5 Å². The monoisotopic (exact) mass is 427 g/mol. The molecule has 2 N–H and O–H groups in total. The van der Waals surface area contributed by atoms with Crippen molar-refractivity contribution in [3.63, 3.8) is 0 Å². The molecule has 0 bridgehead atoms. The highest BCUT2D eigenvalue weighted by atomic mass is 16.5. The summed E-state index contributed by atoms with van der Waals surface area (Å²) < 4.78 is 11.2. The Morgan fingerprint density at radius 1 is 1.06 bits per heavy atom. The Kier molecular flexibility index (Phi) is 9.39. The summed E-state index contributed by atoms with van der Waals surface area (Å²) in [5, 5.41) is 6.97. The molecule has 0 aliphatic carbocycles. The van der Waals surface area contributed by atoms with Crippen LogP contribution < -0.4 is 10.6 Å². The van der Waals surface area contributed by atoms with E-state index >= 15 is 0 Å². The van der Waals surface area contributed by atoms with E-state index in [-0.39, 0.29) is 6.04 Å². The molecule has 1 aliphatic rings. The summed E-state index contributed by atoms with van der Waals surface area (Å²) in [7, 11) is 1.81. The zero-order valence-electron chi connectivity index (χ0n) is 19.1. The number of morpholine rings is 1. The Morgan fingerprint density at radius 2 is 1.81 bits per heavy atom. The molecule has 0 radical (unpaired) electrons. The molecule has 0 amide bonds. The maximum Gasteiger partial charge on any atom is 0.191 e. The number of aliphatic imine (C=N–C) groups is 1. The number of rotatable bonds is 10. The second-order valence-electron chi connectivity index (χ2n) is 7.72.